The van der Waals surface area contributed by atoms with E-state index in [1.807, 2.05) is 0 Å². The van der Waals surface area contributed by atoms with Gasteiger partial charge < -0.3 is 10.4 Å². The lowest BCUT2D eigenvalue weighted by atomic mass is 10.2. The molecule has 1 saturated heterocycles. The van der Waals surface area contributed by atoms with Crippen molar-refractivity contribution in [3.63, 3.8) is 0 Å². The first-order valence-electron chi connectivity index (χ1n) is 5.23. The molecule has 0 spiro atoms. The number of aliphatic hydroxyl groups is 1. The monoisotopic (exact) mass is 173 g/mol. The van der Waals surface area contributed by atoms with Gasteiger partial charge in [-0.1, -0.05) is 26.2 Å². The SMILES string of the molecule is C1CCNCC1.CCCCCO. The highest BCUT2D eigenvalue weighted by atomic mass is 16.2. The van der Waals surface area contributed by atoms with Crippen LogP contribution in [0.3, 0.4) is 0 Å². The van der Waals surface area contributed by atoms with Crippen LogP contribution in [0.4, 0.5) is 0 Å². The molecule has 0 saturated carbocycles. The van der Waals surface area contributed by atoms with Crippen molar-refractivity contribution in [2.75, 3.05) is 19.7 Å². The maximum Gasteiger partial charge on any atom is 0.0431 e. The van der Waals surface area contributed by atoms with Gasteiger partial charge >= 0.3 is 0 Å². The van der Waals surface area contributed by atoms with E-state index >= 15 is 0 Å². The van der Waals surface area contributed by atoms with E-state index in [0.29, 0.717) is 6.61 Å². The van der Waals surface area contributed by atoms with E-state index in [2.05, 4.69) is 12.2 Å². The van der Waals surface area contributed by atoms with Gasteiger partial charge in [-0.2, -0.15) is 0 Å². The standard InChI is InChI=1S/C5H11N.C5H12O/c1-2-4-6-5-3-1;1-2-3-4-5-6/h6H,1-5H2;6H,2-5H2,1H3. The summed E-state index contributed by atoms with van der Waals surface area (Å²) in [5.41, 5.74) is 0. The van der Waals surface area contributed by atoms with Gasteiger partial charge in [0.2, 0.25) is 0 Å². The molecule has 0 aromatic heterocycles. The number of hydrogen-bond acceptors (Lipinski definition) is 2. The zero-order chi connectivity index (χ0) is 9.07. The van der Waals surface area contributed by atoms with Crippen LogP contribution < -0.4 is 5.32 Å². The minimum Gasteiger partial charge on any atom is -0.396 e. The van der Waals surface area contributed by atoms with Crippen molar-refractivity contribution >= 4 is 0 Å². The van der Waals surface area contributed by atoms with Gasteiger partial charge in [0.05, 0.1) is 0 Å². The quantitative estimate of drug-likeness (QED) is 0.639. The minimum absolute atomic E-state index is 0.355. The van der Waals surface area contributed by atoms with E-state index in [1.165, 1.54) is 38.8 Å². The molecule has 0 aromatic carbocycles. The van der Waals surface area contributed by atoms with Crippen LogP contribution in [0, 0.1) is 0 Å². The number of unbranched alkanes of at least 4 members (excludes halogenated alkanes) is 2. The number of nitrogens with one attached hydrogen (secondary N) is 1. The predicted molar refractivity (Wildman–Crippen MR) is 53.3 cm³/mol. The van der Waals surface area contributed by atoms with Gasteiger partial charge in [-0.15, -0.1) is 0 Å². The van der Waals surface area contributed by atoms with E-state index in [9.17, 15) is 0 Å². The summed E-state index contributed by atoms with van der Waals surface area (Å²) in [6.07, 6.45) is 7.54. The molecule has 0 amide bonds. The average molecular weight is 173 g/mol. The van der Waals surface area contributed by atoms with Gasteiger partial charge in [-0.05, 0) is 32.4 Å². The summed E-state index contributed by atoms with van der Waals surface area (Å²) in [4.78, 5) is 0. The Morgan fingerprint density at radius 1 is 1.08 bits per heavy atom. The van der Waals surface area contributed by atoms with Gasteiger partial charge in [-0.3, -0.25) is 0 Å². The van der Waals surface area contributed by atoms with Crippen LogP contribution in [0.2, 0.25) is 0 Å². The largest absolute Gasteiger partial charge is 0.396 e. The Morgan fingerprint density at radius 3 is 1.92 bits per heavy atom. The van der Waals surface area contributed by atoms with E-state index in [4.69, 9.17) is 5.11 Å². The molecule has 0 radical (unpaired) electrons. The first-order valence-corrected chi connectivity index (χ1v) is 5.23. The molecule has 1 aliphatic rings. The van der Waals surface area contributed by atoms with E-state index < -0.39 is 0 Å². The summed E-state index contributed by atoms with van der Waals surface area (Å²) in [5.74, 6) is 0. The van der Waals surface area contributed by atoms with Gasteiger partial charge in [0.25, 0.3) is 0 Å². The molecule has 0 bridgehead atoms. The molecule has 2 nitrogen and oxygen atoms in total. The van der Waals surface area contributed by atoms with Crippen LogP contribution in [-0.4, -0.2) is 24.8 Å². The smallest absolute Gasteiger partial charge is 0.0431 e. The van der Waals surface area contributed by atoms with Gasteiger partial charge in [0.1, 0.15) is 0 Å². The highest BCUT2D eigenvalue weighted by Gasteiger charge is 1.93. The lowest BCUT2D eigenvalue weighted by Crippen LogP contribution is -2.21. The molecule has 2 N–H and O–H groups in total. The number of hydrogen-bond donors (Lipinski definition) is 2. The van der Waals surface area contributed by atoms with Gasteiger partial charge in [0.15, 0.2) is 0 Å². The minimum atomic E-state index is 0.355. The van der Waals surface area contributed by atoms with Crippen LogP contribution in [0.5, 0.6) is 0 Å². The molecule has 74 valence electrons. The summed E-state index contributed by atoms with van der Waals surface area (Å²) in [6.45, 7) is 4.98. The Hall–Kier alpha value is -0.0800. The van der Waals surface area contributed by atoms with Crippen molar-refractivity contribution in [3.8, 4) is 0 Å². The summed E-state index contributed by atoms with van der Waals surface area (Å²) in [5, 5.41) is 11.5. The van der Waals surface area contributed by atoms with Crippen LogP contribution in [0.15, 0.2) is 0 Å². The maximum atomic E-state index is 8.20. The van der Waals surface area contributed by atoms with Crippen molar-refractivity contribution < 1.29 is 5.11 Å². The normalized spacial score (nSPS) is 16.5. The Kier molecular flexibility index (Phi) is 10.8. The number of piperidine rings is 1. The molecular formula is C10H23NO. The summed E-state index contributed by atoms with van der Waals surface area (Å²) < 4.78 is 0. The molecule has 2 heteroatoms. The molecule has 0 aliphatic carbocycles. The fraction of sp³-hybridized carbons (Fsp3) is 1.00. The molecule has 0 atom stereocenters. The Labute approximate surface area is 76.4 Å². The molecule has 0 aromatic rings. The zero-order valence-corrected chi connectivity index (χ0v) is 8.31. The lowest BCUT2D eigenvalue weighted by Gasteiger charge is -2.08. The first-order chi connectivity index (χ1) is 5.91. The van der Waals surface area contributed by atoms with E-state index in [0.717, 1.165) is 12.8 Å². The Morgan fingerprint density at radius 2 is 1.75 bits per heavy atom. The average Bonchev–Trinajstić information content (AvgIpc) is 2.18. The number of aliphatic hydroxyl groups excluding tert-OH is 1. The van der Waals surface area contributed by atoms with Crippen LogP contribution in [-0.2, 0) is 0 Å². The summed E-state index contributed by atoms with van der Waals surface area (Å²) in [6, 6.07) is 0. The fourth-order valence-electron chi connectivity index (χ4n) is 1.16. The second kappa shape index (κ2) is 10.9. The highest BCUT2D eigenvalue weighted by Crippen LogP contribution is 1.96. The molecule has 12 heavy (non-hydrogen) atoms. The van der Waals surface area contributed by atoms with Crippen molar-refractivity contribution in [3.05, 3.63) is 0 Å². The van der Waals surface area contributed by atoms with E-state index in [-0.39, 0.29) is 0 Å². The van der Waals surface area contributed by atoms with Crippen LogP contribution in [0.1, 0.15) is 45.4 Å². The van der Waals surface area contributed by atoms with Crippen molar-refractivity contribution in [1.82, 2.24) is 5.32 Å². The third-order valence-electron chi connectivity index (χ3n) is 1.97. The summed E-state index contributed by atoms with van der Waals surface area (Å²) in [7, 11) is 0. The van der Waals surface area contributed by atoms with Gasteiger partial charge in [0, 0.05) is 6.61 Å². The number of rotatable bonds is 3. The van der Waals surface area contributed by atoms with E-state index in [1.54, 1.807) is 0 Å². The molecular weight excluding hydrogens is 150 g/mol. The third kappa shape index (κ3) is 9.92. The van der Waals surface area contributed by atoms with Crippen molar-refractivity contribution in [2.45, 2.75) is 45.4 Å². The third-order valence-corrected chi connectivity index (χ3v) is 1.97. The zero-order valence-electron chi connectivity index (χ0n) is 8.31. The van der Waals surface area contributed by atoms with Crippen LogP contribution >= 0.6 is 0 Å². The lowest BCUT2D eigenvalue weighted by molar-refractivity contribution is 0.284. The Bertz CT molecular complexity index is 56.7. The van der Waals surface area contributed by atoms with Crippen molar-refractivity contribution in [1.29, 1.82) is 0 Å². The van der Waals surface area contributed by atoms with Crippen LogP contribution in [0.25, 0.3) is 0 Å². The summed E-state index contributed by atoms with van der Waals surface area (Å²) >= 11 is 0. The first kappa shape index (κ1) is 11.9. The molecule has 1 heterocycles. The molecule has 0 unspecified atom stereocenters. The second-order valence-corrected chi connectivity index (χ2v) is 3.24. The predicted octanol–water partition coefficient (Wildman–Crippen LogP) is 1.93. The van der Waals surface area contributed by atoms with Gasteiger partial charge in [-0.25, -0.2) is 0 Å². The maximum absolute atomic E-state index is 8.20. The molecule has 1 fully saturated rings. The molecule has 1 rings (SSSR count). The second-order valence-electron chi connectivity index (χ2n) is 3.24. The molecule has 1 aliphatic heterocycles. The highest BCUT2D eigenvalue weighted by molar-refractivity contribution is 4.55. The topological polar surface area (TPSA) is 32.3 Å². The fourth-order valence-corrected chi connectivity index (χ4v) is 1.16. The Balaban J connectivity index is 0.000000202. The van der Waals surface area contributed by atoms with Crippen molar-refractivity contribution in [2.24, 2.45) is 0 Å².